The summed E-state index contributed by atoms with van der Waals surface area (Å²) in [6.07, 6.45) is 3.57. The average molecular weight is 271 g/mol. The molecule has 4 heteroatoms. The second-order valence-electron chi connectivity index (χ2n) is 5.89. The van der Waals surface area contributed by atoms with Crippen LogP contribution in [0, 0.1) is 6.92 Å². The molecule has 0 saturated carbocycles. The highest BCUT2D eigenvalue weighted by Crippen LogP contribution is 2.17. The maximum atomic E-state index is 5.59. The smallest absolute Gasteiger partial charge is 0.321 e. The molecule has 0 spiro atoms. The Morgan fingerprint density at radius 3 is 2.20 bits per heavy atom. The van der Waals surface area contributed by atoms with Crippen molar-refractivity contribution in [1.29, 1.82) is 0 Å². The second-order valence-corrected chi connectivity index (χ2v) is 5.89. The van der Waals surface area contributed by atoms with E-state index in [1.807, 2.05) is 31.2 Å². The highest BCUT2D eigenvalue weighted by atomic mass is 16.5. The van der Waals surface area contributed by atoms with E-state index in [9.17, 15) is 0 Å². The van der Waals surface area contributed by atoms with Crippen LogP contribution in [-0.2, 0) is 6.54 Å². The van der Waals surface area contributed by atoms with Gasteiger partial charge < -0.3 is 10.1 Å². The van der Waals surface area contributed by atoms with E-state index in [2.05, 4.69) is 36.1 Å². The first-order chi connectivity index (χ1) is 9.42. The monoisotopic (exact) mass is 271 g/mol. The van der Waals surface area contributed by atoms with E-state index in [1.165, 1.54) is 5.56 Å². The van der Waals surface area contributed by atoms with E-state index < -0.39 is 0 Å². The van der Waals surface area contributed by atoms with Gasteiger partial charge in [0.2, 0.25) is 0 Å². The standard InChI is InChI=1S/C16H21N3O/c1-12-5-7-14(8-6-12)20-15-17-9-13(10-18-15)11-19-16(2,3)4/h5-10,19H,11H2,1-4H3. The summed E-state index contributed by atoms with van der Waals surface area (Å²) in [5, 5.41) is 3.39. The molecule has 1 N–H and O–H groups in total. The highest BCUT2D eigenvalue weighted by molar-refractivity contribution is 5.28. The van der Waals surface area contributed by atoms with Crippen molar-refractivity contribution in [2.75, 3.05) is 0 Å². The summed E-state index contributed by atoms with van der Waals surface area (Å²) in [4.78, 5) is 8.45. The number of ether oxygens (including phenoxy) is 1. The van der Waals surface area contributed by atoms with Crippen LogP contribution in [0.15, 0.2) is 36.7 Å². The zero-order chi connectivity index (χ0) is 14.6. The Morgan fingerprint density at radius 2 is 1.65 bits per heavy atom. The van der Waals surface area contributed by atoms with Gasteiger partial charge in [0.15, 0.2) is 0 Å². The van der Waals surface area contributed by atoms with Crippen molar-refractivity contribution in [1.82, 2.24) is 15.3 Å². The minimum absolute atomic E-state index is 0.0804. The molecule has 0 aliphatic carbocycles. The van der Waals surface area contributed by atoms with Crippen molar-refractivity contribution in [3.63, 3.8) is 0 Å². The van der Waals surface area contributed by atoms with E-state index >= 15 is 0 Å². The summed E-state index contributed by atoms with van der Waals surface area (Å²) < 4.78 is 5.59. The van der Waals surface area contributed by atoms with Crippen LogP contribution in [0.2, 0.25) is 0 Å². The predicted octanol–water partition coefficient (Wildman–Crippen LogP) is 3.47. The fourth-order valence-electron chi connectivity index (χ4n) is 1.57. The third-order valence-corrected chi connectivity index (χ3v) is 2.73. The van der Waals surface area contributed by atoms with Crippen LogP contribution in [0.5, 0.6) is 11.8 Å². The minimum atomic E-state index is 0.0804. The van der Waals surface area contributed by atoms with E-state index in [0.29, 0.717) is 6.01 Å². The zero-order valence-electron chi connectivity index (χ0n) is 12.5. The fraction of sp³-hybridized carbons (Fsp3) is 0.375. The van der Waals surface area contributed by atoms with Gasteiger partial charge in [-0.2, -0.15) is 0 Å². The maximum Gasteiger partial charge on any atom is 0.321 e. The van der Waals surface area contributed by atoms with Crippen LogP contribution < -0.4 is 10.1 Å². The molecule has 2 aromatic rings. The largest absolute Gasteiger partial charge is 0.424 e. The van der Waals surface area contributed by atoms with E-state index in [4.69, 9.17) is 4.74 Å². The Labute approximate surface area is 120 Å². The van der Waals surface area contributed by atoms with Crippen molar-refractivity contribution in [2.24, 2.45) is 0 Å². The van der Waals surface area contributed by atoms with E-state index in [-0.39, 0.29) is 5.54 Å². The van der Waals surface area contributed by atoms with Gasteiger partial charge in [-0.1, -0.05) is 17.7 Å². The molecule has 0 bridgehead atoms. The van der Waals surface area contributed by atoms with Gasteiger partial charge in [-0.25, -0.2) is 9.97 Å². The van der Waals surface area contributed by atoms with E-state index in [1.54, 1.807) is 12.4 Å². The number of hydrogen-bond donors (Lipinski definition) is 1. The quantitative estimate of drug-likeness (QED) is 0.925. The molecule has 1 aromatic heterocycles. The molecule has 2 rings (SSSR count). The summed E-state index contributed by atoms with van der Waals surface area (Å²) >= 11 is 0. The number of rotatable bonds is 4. The third-order valence-electron chi connectivity index (χ3n) is 2.73. The lowest BCUT2D eigenvalue weighted by Crippen LogP contribution is -2.35. The van der Waals surface area contributed by atoms with Crippen molar-refractivity contribution in [3.05, 3.63) is 47.8 Å². The predicted molar refractivity (Wildman–Crippen MR) is 79.9 cm³/mol. The Hall–Kier alpha value is -1.94. The molecule has 0 radical (unpaired) electrons. The molecule has 0 aliphatic rings. The van der Waals surface area contributed by atoms with Gasteiger partial charge in [-0.15, -0.1) is 0 Å². The molecule has 0 unspecified atom stereocenters. The van der Waals surface area contributed by atoms with Crippen LogP contribution in [0.1, 0.15) is 31.9 Å². The molecule has 106 valence electrons. The van der Waals surface area contributed by atoms with Crippen molar-refractivity contribution in [2.45, 2.75) is 39.8 Å². The molecule has 4 nitrogen and oxygen atoms in total. The van der Waals surface area contributed by atoms with Gasteiger partial charge in [-0.05, 0) is 39.8 Å². The van der Waals surface area contributed by atoms with Gasteiger partial charge in [0.25, 0.3) is 0 Å². The molecule has 0 amide bonds. The maximum absolute atomic E-state index is 5.59. The first-order valence-corrected chi connectivity index (χ1v) is 6.73. The Kier molecular flexibility index (Phi) is 4.35. The molecule has 0 fully saturated rings. The average Bonchev–Trinajstić information content (AvgIpc) is 2.40. The van der Waals surface area contributed by atoms with Crippen molar-refractivity contribution < 1.29 is 4.74 Å². The summed E-state index contributed by atoms with van der Waals surface area (Å²) in [6.45, 7) is 9.17. The second kappa shape index (κ2) is 6.01. The van der Waals surface area contributed by atoms with Gasteiger partial charge in [0.05, 0.1) is 0 Å². The highest BCUT2D eigenvalue weighted by Gasteiger charge is 2.09. The zero-order valence-corrected chi connectivity index (χ0v) is 12.5. The number of nitrogens with zero attached hydrogens (tertiary/aromatic N) is 2. The third kappa shape index (κ3) is 4.63. The number of nitrogens with one attached hydrogen (secondary N) is 1. The van der Waals surface area contributed by atoms with Gasteiger partial charge in [-0.3, -0.25) is 0 Å². The van der Waals surface area contributed by atoms with Crippen LogP contribution in [-0.4, -0.2) is 15.5 Å². The molecule has 0 aliphatic heterocycles. The fourth-order valence-corrected chi connectivity index (χ4v) is 1.57. The number of hydrogen-bond acceptors (Lipinski definition) is 4. The lowest BCUT2D eigenvalue weighted by atomic mass is 10.1. The Morgan fingerprint density at radius 1 is 1.05 bits per heavy atom. The first-order valence-electron chi connectivity index (χ1n) is 6.73. The van der Waals surface area contributed by atoms with Crippen LogP contribution in [0.4, 0.5) is 0 Å². The first kappa shape index (κ1) is 14.5. The SMILES string of the molecule is Cc1ccc(Oc2ncc(CNC(C)(C)C)cn2)cc1. The van der Waals surface area contributed by atoms with Gasteiger partial charge >= 0.3 is 6.01 Å². The van der Waals surface area contributed by atoms with E-state index in [0.717, 1.165) is 17.9 Å². The lowest BCUT2D eigenvalue weighted by molar-refractivity contribution is 0.420. The molecule has 0 saturated heterocycles. The molecule has 20 heavy (non-hydrogen) atoms. The van der Waals surface area contributed by atoms with Crippen LogP contribution in [0.25, 0.3) is 0 Å². The van der Waals surface area contributed by atoms with Crippen molar-refractivity contribution >= 4 is 0 Å². The molecular formula is C16H21N3O. The van der Waals surface area contributed by atoms with Crippen LogP contribution in [0.3, 0.4) is 0 Å². The Balaban J connectivity index is 1.96. The van der Waals surface area contributed by atoms with Gasteiger partial charge in [0.1, 0.15) is 5.75 Å². The topological polar surface area (TPSA) is 47.0 Å². The van der Waals surface area contributed by atoms with Gasteiger partial charge in [0, 0.05) is 30.0 Å². The molecular weight excluding hydrogens is 250 g/mol. The Bertz CT molecular complexity index is 541. The summed E-state index contributed by atoms with van der Waals surface area (Å²) in [5.41, 5.74) is 2.31. The van der Waals surface area contributed by atoms with Crippen LogP contribution >= 0.6 is 0 Å². The molecule has 1 aromatic carbocycles. The number of aromatic nitrogens is 2. The number of aryl methyl sites for hydroxylation is 1. The lowest BCUT2D eigenvalue weighted by Gasteiger charge is -2.20. The molecule has 1 heterocycles. The minimum Gasteiger partial charge on any atom is -0.424 e. The molecule has 0 atom stereocenters. The summed E-state index contributed by atoms with van der Waals surface area (Å²) in [6, 6.07) is 8.18. The summed E-state index contributed by atoms with van der Waals surface area (Å²) in [7, 11) is 0. The number of benzene rings is 1. The normalized spacial score (nSPS) is 11.4. The summed E-state index contributed by atoms with van der Waals surface area (Å²) in [5.74, 6) is 0.746. The van der Waals surface area contributed by atoms with Crippen molar-refractivity contribution in [3.8, 4) is 11.8 Å².